The Kier molecular flexibility index (Phi) is 3.91. The summed E-state index contributed by atoms with van der Waals surface area (Å²) in [5.74, 6) is 0. The van der Waals surface area contributed by atoms with Gasteiger partial charge in [-0.25, -0.2) is 4.99 Å². The molecule has 1 rings (SSSR count). The third-order valence-corrected chi connectivity index (χ3v) is 2.00. The number of aromatic nitrogens is 1. The smallest absolute Gasteiger partial charge is 0.174 e. The number of hydrogen-bond acceptors (Lipinski definition) is 5. The van der Waals surface area contributed by atoms with Crippen LogP contribution >= 0.6 is 0 Å². The van der Waals surface area contributed by atoms with E-state index in [4.69, 9.17) is 16.3 Å². The van der Waals surface area contributed by atoms with Gasteiger partial charge in [-0.3, -0.25) is 4.68 Å². The highest BCUT2D eigenvalue weighted by Gasteiger charge is 2.01. The fourth-order valence-electron chi connectivity index (χ4n) is 1.19. The Morgan fingerprint density at radius 3 is 2.71 bits per heavy atom. The van der Waals surface area contributed by atoms with Crippen molar-refractivity contribution in [3.05, 3.63) is 35.4 Å². The summed E-state index contributed by atoms with van der Waals surface area (Å²) in [5.41, 5.74) is 5.84. The normalized spacial score (nSPS) is 11.8. The largest absolute Gasteiger partial charge is 0.388 e. The molecule has 0 aliphatic heterocycles. The van der Waals surface area contributed by atoms with Crippen molar-refractivity contribution in [3.8, 4) is 12.1 Å². The summed E-state index contributed by atoms with van der Waals surface area (Å²) in [6.45, 7) is 0. The maximum Gasteiger partial charge on any atom is 0.174 e. The van der Waals surface area contributed by atoms with E-state index >= 15 is 0 Å². The van der Waals surface area contributed by atoms with Crippen LogP contribution in [0.1, 0.15) is 5.69 Å². The molecule has 6 nitrogen and oxygen atoms in total. The SMILES string of the molecule is CN(C)n1cccc1C=NC(C#N)=C(N)C#N. The van der Waals surface area contributed by atoms with Crippen molar-refractivity contribution >= 4 is 6.21 Å². The average Bonchev–Trinajstić information content (AvgIpc) is 2.77. The van der Waals surface area contributed by atoms with Crippen LogP contribution in [0.15, 0.2) is 34.7 Å². The van der Waals surface area contributed by atoms with Crippen LogP contribution in [-0.4, -0.2) is 25.0 Å². The molecule has 0 saturated heterocycles. The fraction of sp³-hybridized carbons (Fsp3) is 0.182. The highest BCUT2D eigenvalue weighted by Crippen LogP contribution is 2.02. The summed E-state index contributed by atoms with van der Waals surface area (Å²) in [7, 11) is 3.75. The standard InChI is InChI=1S/C11H12N6/c1-16(2)17-5-3-4-9(17)8-15-11(7-13)10(14)6-12/h3-5,8H,14H2,1-2H3. The van der Waals surface area contributed by atoms with Gasteiger partial charge in [-0.2, -0.15) is 10.5 Å². The molecule has 86 valence electrons. The summed E-state index contributed by atoms with van der Waals surface area (Å²) in [6.07, 6.45) is 3.34. The monoisotopic (exact) mass is 228 g/mol. The highest BCUT2D eigenvalue weighted by molar-refractivity contribution is 5.79. The minimum absolute atomic E-state index is 0.0843. The first-order valence-corrected chi connectivity index (χ1v) is 4.79. The lowest BCUT2D eigenvalue weighted by Gasteiger charge is -2.15. The summed E-state index contributed by atoms with van der Waals surface area (Å²) in [6, 6.07) is 7.15. The van der Waals surface area contributed by atoms with Gasteiger partial charge in [-0.15, -0.1) is 0 Å². The molecule has 17 heavy (non-hydrogen) atoms. The predicted octanol–water partition coefficient (Wildman–Crippen LogP) is 0.322. The van der Waals surface area contributed by atoms with Gasteiger partial charge in [-0.1, -0.05) is 0 Å². The second-order valence-corrected chi connectivity index (χ2v) is 3.37. The zero-order chi connectivity index (χ0) is 12.8. The molecule has 0 aliphatic carbocycles. The van der Waals surface area contributed by atoms with Crippen molar-refractivity contribution in [1.82, 2.24) is 4.68 Å². The van der Waals surface area contributed by atoms with Crippen LogP contribution in [-0.2, 0) is 0 Å². The number of nitriles is 2. The van der Waals surface area contributed by atoms with E-state index < -0.39 is 0 Å². The molecule has 0 fully saturated rings. The van der Waals surface area contributed by atoms with Crippen LogP contribution in [0.25, 0.3) is 0 Å². The lowest BCUT2D eigenvalue weighted by atomic mass is 10.4. The Morgan fingerprint density at radius 1 is 1.47 bits per heavy atom. The van der Waals surface area contributed by atoms with Crippen molar-refractivity contribution in [3.63, 3.8) is 0 Å². The number of hydrogen-bond donors (Lipinski definition) is 1. The molecule has 0 radical (unpaired) electrons. The Labute approximate surface area is 99.5 Å². The van der Waals surface area contributed by atoms with E-state index in [-0.39, 0.29) is 11.4 Å². The molecule has 1 heterocycles. The minimum atomic E-state index is -0.188. The lowest BCUT2D eigenvalue weighted by molar-refractivity contribution is 0.732. The molecule has 0 amide bonds. The fourth-order valence-corrected chi connectivity index (χ4v) is 1.19. The van der Waals surface area contributed by atoms with Crippen molar-refractivity contribution in [1.29, 1.82) is 10.5 Å². The maximum absolute atomic E-state index is 8.76. The molecule has 0 spiro atoms. The predicted molar refractivity (Wildman–Crippen MR) is 64.5 cm³/mol. The first kappa shape index (κ1) is 12.3. The molecule has 1 aromatic heterocycles. The number of nitrogens with two attached hydrogens (primary N) is 1. The summed E-state index contributed by atoms with van der Waals surface area (Å²) in [4.78, 5) is 3.90. The molecule has 0 unspecified atom stereocenters. The van der Waals surface area contributed by atoms with Gasteiger partial charge in [0.2, 0.25) is 0 Å². The van der Waals surface area contributed by atoms with Gasteiger partial charge in [0.05, 0.1) is 11.9 Å². The van der Waals surface area contributed by atoms with E-state index in [9.17, 15) is 0 Å². The quantitative estimate of drug-likeness (QED) is 0.595. The first-order valence-electron chi connectivity index (χ1n) is 4.79. The lowest BCUT2D eigenvalue weighted by Crippen LogP contribution is -2.25. The second kappa shape index (κ2) is 5.38. The molecular weight excluding hydrogens is 216 g/mol. The summed E-state index contributed by atoms with van der Waals surface area (Å²) < 4.78 is 1.83. The van der Waals surface area contributed by atoms with Crippen molar-refractivity contribution < 1.29 is 0 Å². The Balaban J connectivity index is 3.04. The third kappa shape index (κ3) is 2.86. The molecule has 0 aromatic carbocycles. The van der Waals surface area contributed by atoms with Crippen LogP contribution in [0, 0.1) is 22.7 Å². The van der Waals surface area contributed by atoms with Gasteiger partial charge >= 0.3 is 0 Å². The molecule has 0 atom stereocenters. The highest BCUT2D eigenvalue weighted by atomic mass is 15.5. The Morgan fingerprint density at radius 2 is 2.18 bits per heavy atom. The summed E-state index contributed by atoms with van der Waals surface area (Å²) in [5, 5.41) is 19.2. The van der Waals surface area contributed by atoms with Gasteiger partial charge in [0.1, 0.15) is 17.8 Å². The molecule has 0 aliphatic rings. The Bertz CT molecular complexity index is 535. The second-order valence-electron chi connectivity index (χ2n) is 3.37. The van der Waals surface area contributed by atoms with Gasteiger partial charge < -0.3 is 10.7 Å². The van der Waals surface area contributed by atoms with Crippen LogP contribution < -0.4 is 10.7 Å². The van der Waals surface area contributed by atoms with E-state index in [0.29, 0.717) is 0 Å². The number of nitrogens with zero attached hydrogens (tertiary/aromatic N) is 5. The van der Waals surface area contributed by atoms with Gasteiger partial charge in [0.25, 0.3) is 0 Å². The number of allylic oxidation sites excluding steroid dienone is 2. The van der Waals surface area contributed by atoms with E-state index in [0.717, 1.165) is 5.69 Å². The maximum atomic E-state index is 8.76. The third-order valence-electron chi connectivity index (χ3n) is 2.00. The van der Waals surface area contributed by atoms with Crippen molar-refractivity contribution in [2.45, 2.75) is 0 Å². The van der Waals surface area contributed by atoms with Crippen LogP contribution in [0.5, 0.6) is 0 Å². The van der Waals surface area contributed by atoms with Gasteiger partial charge in [0, 0.05) is 20.3 Å². The first-order chi connectivity index (χ1) is 8.10. The van der Waals surface area contributed by atoms with Crippen molar-refractivity contribution in [2.75, 3.05) is 19.1 Å². The van der Waals surface area contributed by atoms with Gasteiger partial charge in [0.15, 0.2) is 5.70 Å². The number of aliphatic imine (C=N–C) groups is 1. The minimum Gasteiger partial charge on any atom is -0.388 e. The van der Waals surface area contributed by atoms with Gasteiger partial charge in [-0.05, 0) is 12.1 Å². The molecule has 0 bridgehead atoms. The van der Waals surface area contributed by atoms with Crippen molar-refractivity contribution in [2.24, 2.45) is 10.7 Å². The zero-order valence-corrected chi connectivity index (χ0v) is 9.62. The van der Waals surface area contributed by atoms with E-state index in [1.54, 1.807) is 12.1 Å². The van der Waals surface area contributed by atoms with E-state index in [2.05, 4.69) is 4.99 Å². The van der Waals surface area contributed by atoms with Crippen LogP contribution in [0.3, 0.4) is 0 Å². The van der Waals surface area contributed by atoms with Crippen LogP contribution in [0.2, 0.25) is 0 Å². The topological polar surface area (TPSA) is 94.1 Å². The average molecular weight is 228 g/mol. The molecule has 6 heteroatoms. The molecule has 0 saturated carbocycles. The molecule has 2 N–H and O–H groups in total. The number of rotatable bonds is 3. The molecule has 1 aromatic rings. The van der Waals surface area contributed by atoms with E-state index in [1.807, 2.05) is 42.1 Å². The van der Waals surface area contributed by atoms with E-state index in [1.165, 1.54) is 6.21 Å². The zero-order valence-electron chi connectivity index (χ0n) is 9.62. The van der Waals surface area contributed by atoms with Crippen LogP contribution in [0.4, 0.5) is 0 Å². The Hall–Kier alpha value is -2.73. The summed E-state index contributed by atoms with van der Waals surface area (Å²) >= 11 is 0. The molecular formula is C11H12N6.